The summed E-state index contributed by atoms with van der Waals surface area (Å²) < 4.78 is 6.92. The number of nitrogens with one attached hydrogen (secondary N) is 1. The molecule has 1 saturated carbocycles. The lowest BCUT2D eigenvalue weighted by molar-refractivity contribution is -0.125. The van der Waals surface area contributed by atoms with E-state index in [0.717, 1.165) is 18.4 Å². The minimum absolute atomic E-state index is 0.158. The van der Waals surface area contributed by atoms with Gasteiger partial charge < -0.3 is 10.1 Å². The van der Waals surface area contributed by atoms with E-state index in [9.17, 15) is 9.59 Å². The molecule has 140 valence electrons. The van der Waals surface area contributed by atoms with Gasteiger partial charge in [-0.2, -0.15) is 0 Å². The van der Waals surface area contributed by atoms with Crippen molar-refractivity contribution in [2.45, 2.75) is 52.6 Å². The van der Waals surface area contributed by atoms with E-state index in [2.05, 4.69) is 29.5 Å². The number of esters is 1. The summed E-state index contributed by atoms with van der Waals surface area (Å²) in [5, 5.41) is 11.1. The monoisotopic (exact) mass is 358 g/mol. The van der Waals surface area contributed by atoms with Crippen molar-refractivity contribution in [3.63, 3.8) is 0 Å². The van der Waals surface area contributed by atoms with Crippen LogP contribution in [-0.4, -0.2) is 39.5 Å². The molecule has 1 fully saturated rings. The Kier molecular flexibility index (Phi) is 5.54. The number of carbonyl (C=O) groups excluding carboxylic acids is 2. The second-order valence-corrected chi connectivity index (χ2v) is 7.13. The highest BCUT2D eigenvalue weighted by atomic mass is 16.5. The van der Waals surface area contributed by atoms with Crippen LogP contribution in [0.15, 0.2) is 18.2 Å². The molecule has 0 unspecified atom stereocenters. The fourth-order valence-corrected chi connectivity index (χ4v) is 3.58. The SMILES string of the molecule is CCn1nnc2cc(C(=O)OCC(=O)N[C@@H]3CCC[C@@H](C)[C@@H]3C)ccc21. The van der Waals surface area contributed by atoms with Gasteiger partial charge in [-0.05, 0) is 43.4 Å². The van der Waals surface area contributed by atoms with Gasteiger partial charge >= 0.3 is 5.97 Å². The topological polar surface area (TPSA) is 86.1 Å². The average molecular weight is 358 g/mol. The van der Waals surface area contributed by atoms with E-state index in [1.807, 2.05) is 6.92 Å². The zero-order valence-electron chi connectivity index (χ0n) is 15.6. The summed E-state index contributed by atoms with van der Waals surface area (Å²) in [6, 6.07) is 5.26. The van der Waals surface area contributed by atoms with E-state index >= 15 is 0 Å². The minimum atomic E-state index is -0.529. The molecule has 0 aliphatic heterocycles. The minimum Gasteiger partial charge on any atom is -0.452 e. The van der Waals surface area contributed by atoms with Crippen LogP contribution in [0.2, 0.25) is 0 Å². The first kappa shape index (κ1) is 18.4. The summed E-state index contributed by atoms with van der Waals surface area (Å²) in [6.07, 6.45) is 3.30. The van der Waals surface area contributed by atoms with E-state index in [1.54, 1.807) is 22.9 Å². The Balaban J connectivity index is 1.55. The van der Waals surface area contributed by atoms with Gasteiger partial charge in [0.15, 0.2) is 6.61 Å². The lowest BCUT2D eigenvalue weighted by Gasteiger charge is -2.34. The van der Waals surface area contributed by atoms with E-state index in [4.69, 9.17) is 4.74 Å². The molecule has 0 radical (unpaired) electrons. The molecule has 7 heteroatoms. The quantitative estimate of drug-likeness (QED) is 0.830. The summed E-state index contributed by atoms with van der Waals surface area (Å²) in [4.78, 5) is 24.4. The Bertz CT molecular complexity index is 801. The lowest BCUT2D eigenvalue weighted by atomic mass is 9.78. The molecule has 7 nitrogen and oxygen atoms in total. The molecule has 1 amide bonds. The normalized spacial score (nSPS) is 23.0. The van der Waals surface area contributed by atoms with Crippen LogP contribution in [0.1, 0.15) is 50.4 Å². The van der Waals surface area contributed by atoms with E-state index in [-0.39, 0.29) is 18.6 Å². The highest BCUT2D eigenvalue weighted by Gasteiger charge is 2.28. The number of rotatable bonds is 5. The molecule has 1 aromatic carbocycles. The van der Waals surface area contributed by atoms with Gasteiger partial charge in [-0.15, -0.1) is 5.10 Å². The van der Waals surface area contributed by atoms with Crippen LogP contribution in [-0.2, 0) is 16.1 Å². The van der Waals surface area contributed by atoms with Gasteiger partial charge in [-0.3, -0.25) is 4.79 Å². The number of carbonyl (C=O) groups is 2. The van der Waals surface area contributed by atoms with Crippen LogP contribution in [0, 0.1) is 11.8 Å². The molecular formula is C19H26N4O3. The summed E-state index contributed by atoms with van der Waals surface area (Å²) in [5.74, 6) is 0.257. The standard InChI is InChI=1S/C19H26N4O3/c1-4-23-17-9-8-14(10-16(17)21-22-23)19(25)26-11-18(24)20-15-7-5-6-12(2)13(15)3/h8-10,12-13,15H,4-7,11H2,1-3H3,(H,20,24)/t12-,13+,15-/m1/s1. The van der Waals surface area contributed by atoms with Crippen molar-refractivity contribution in [1.29, 1.82) is 0 Å². The number of ether oxygens (including phenoxy) is 1. The van der Waals surface area contributed by atoms with Crippen LogP contribution in [0.25, 0.3) is 11.0 Å². The Morgan fingerprint density at radius 1 is 1.31 bits per heavy atom. The fourth-order valence-electron chi connectivity index (χ4n) is 3.58. The van der Waals surface area contributed by atoms with Crippen molar-refractivity contribution < 1.29 is 14.3 Å². The fraction of sp³-hybridized carbons (Fsp3) is 0.579. The van der Waals surface area contributed by atoms with Crippen molar-refractivity contribution >= 4 is 22.9 Å². The number of amides is 1. The summed E-state index contributed by atoms with van der Waals surface area (Å²) in [6.45, 7) is 6.80. The lowest BCUT2D eigenvalue weighted by Crippen LogP contribution is -2.45. The molecule has 0 saturated heterocycles. The number of aromatic nitrogens is 3. The zero-order chi connectivity index (χ0) is 18.7. The van der Waals surface area contributed by atoms with Crippen molar-refractivity contribution in [1.82, 2.24) is 20.3 Å². The van der Waals surface area contributed by atoms with Gasteiger partial charge in [0, 0.05) is 12.6 Å². The first-order valence-electron chi connectivity index (χ1n) is 9.29. The zero-order valence-corrected chi connectivity index (χ0v) is 15.6. The third-order valence-corrected chi connectivity index (χ3v) is 5.44. The maximum atomic E-state index is 12.2. The summed E-state index contributed by atoms with van der Waals surface area (Å²) in [5.41, 5.74) is 1.87. The Hall–Kier alpha value is -2.44. The van der Waals surface area contributed by atoms with Gasteiger partial charge in [-0.1, -0.05) is 31.9 Å². The van der Waals surface area contributed by atoms with Gasteiger partial charge in [0.1, 0.15) is 5.52 Å². The Morgan fingerprint density at radius 2 is 2.12 bits per heavy atom. The number of hydrogen-bond acceptors (Lipinski definition) is 5. The second-order valence-electron chi connectivity index (χ2n) is 7.13. The maximum Gasteiger partial charge on any atom is 0.338 e. The highest BCUT2D eigenvalue weighted by molar-refractivity contribution is 5.94. The Labute approximate surface area is 153 Å². The second kappa shape index (κ2) is 7.85. The summed E-state index contributed by atoms with van der Waals surface area (Å²) >= 11 is 0. The number of benzene rings is 1. The van der Waals surface area contributed by atoms with Crippen LogP contribution in [0.3, 0.4) is 0 Å². The Morgan fingerprint density at radius 3 is 2.88 bits per heavy atom. The molecule has 3 rings (SSSR count). The van der Waals surface area contributed by atoms with Gasteiger partial charge in [0.05, 0.1) is 11.1 Å². The number of hydrogen-bond donors (Lipinski definition) is 1. The third kappa shape index (κ3) is 3.86. The van der Waals surface area contributed by atoms with Crippen LogP contribution >= 0.6 is 0 Å². The number of nitrogens with zero attached hydrogens (tertiary/aromatic N) is 3. The number of aryl methyl sites for hydroxylation is 1. The molecule has 0 bridgehead atoms. The predicted octanol–water partition coefficient (Wildman–Crippen LogP) is 2.55. The van der Waals surface area contributed by atoms with Crippen molar-refractivity contribution in [2.75, 3.05) is 6.61 Å². The van der Waals surface area contributed by atoms with E-state index < -0.39 is 5.97 Å². The van der Waals surface area contributed by atoms with Crippen molar-refractivity contribution in [3.8, 4) is 0 Å². The largest absolute Gasteiger partial charge is 0.452 e. The maximum absolute atomic E-state index is 12.2. The van der Waals surface area contributed by atoms with Crippen molar-refractivity contribution in [3.05, 3.63) is 23.8 Å². The van der Waals surface area contributed by atoms with Gasteiger partial charge in [0.2, 0.25) is 0 Å². The molecule has 0 spiro atoms. The van der Waals surface area contributed by atoms with Crippen LogP contribution in [0.5, 0.6) is 0 Å². The molecule has 3 atom stereocenters. The smallest absolute Gasteiger partial charge is 0.338 e. The molecule has 2 aromatic rings. The van der Waals surface area contributed by atoms with Crippen LogP contribution in [0.4, 0.5) is 0 Å². The van der Waals surface area contributed by atoms with E-state index in [1.165, 1.54) is 6.42 Å². The average Bonchev–Trinajstić information content (AvgIpc) is 3.05. The van der Waals surface area contributed by atoms with Gasteiger partial charge in [-0.25, -0.2) is 9.48 Å². The molecule has 1 N–H and O–H groups in total. The molecule has 1 heterocycles. The first-order chi connectivity index (χ1) is 12.5. The van der Waals surface area contributed by atoms with E-state index in [0.29, 0.717) is 29.5 Å². The number of fused-ring (bicyclic) bond motifs is 1. The predicted molar refractivity (Wildman–Crippen MR) is 97.6 cm³/mol. The van der Waals surface area contributed by atoms with Gasteiger partial charge in [0.25, 0.3) is 5.91 Å². The van der Waals surface area contributed by atoms with Crippen LogP contribution < -0.4 is 5.32 Å². The third-order valence-electron chi connectivity index (χ3n) is 5.44. The highest BCUT2D eigenvalue weighted by Crippen LogP contribution is 2.29. The molecule has 26 heavy (non-hydrogen) atoms. The molecular weight excluding hydrogens is 332 g/mol. The van der Waals surface area contributed by atoms with Crippen molar-refractivity contribution in [2.24, 2.45) is 11.8 Å². The molecule has 1 aliphatic carbocycles. The first-order valence-corrected chi connectivity index (χ1v) is 9.29. The molecule has 1 aliphatic rings. The summed E-state index contributed by atoms with van der Waals surface area (Å²) in [7, 11) is 0. The molecule has 1 aromatic heterocycles.